The molecule has 3 rings (SSSR count). The molecule has 1 aromatic heterocycles. The number of nitrogens with zero attached hydrogens (tertiary/aromatic N) is 4. The molecule has 29 heavy (non-hydrogen) atoms. The summed E-state index contributed by atoms with van der Waals surface area (Å²) in [5, 5.41) is 13.2. The van der Waals surface area contributed by atoms with Gasteiger partial charge in [-0.05, 0) is 48.9 Å². The largest absolute Gasteiger partial charge is 0.497 e. The number of benzene rings is 2. The fraction of sp³-hybridized carbons (Fsp3) is 0.200. The maximum Gasteiger partial charge on any atom is 0.250 e. The van der Waals surface area contributed by atoms with Crippen molar-refractivity contribution in [2.24, 2.45) is 12.1 Å². The summed E-state index contributed by atoms with van der Waals surface area (Å²) >= 11 is 4.77. The van der Waals surface area contributed by atoms with E-state index >= 15 is 0 Å². The number of hydrogen-bond acceptors (Lipinski definition) is 6. The Morgan fingerprint density at radius 3 is 2.69 bits per heavy atom. The number of amides is 1. The molecule has 1 N–H and O–H groups in total. The number of hydrazone groups is 1. The minimum Gasteiger partial charge on any atom is -0.497 e. The Kier molecular flexibility index (Phi) is 7.05. The fourth-order valence-electron chi connectivity index (χ4n) is 2.52. The molecular weight excluding hydrogens is 454 g/mol. The van der Waals surface area contributed by atoms with Gasteiger partial charge < -0.3 is 9.30 Å². The molecule has 0 atom stereocenters. The molecule has 0 aliphatic heterocycles. The Labute approximate surface area is 181 Å². The smallest absolute Gasteiger partial charge is 0.250 e. The van der Waals surface area contributed by atoms with Gasteiger partial charge in [-0.1, -0.05) is 39.8 Å². The summed E-state index contributed by atoms with van der Waals surface area (Å²) in [6.45, 7) is 1.84. The van der Waals surface area contributed by atoms with Gasteiger partial charge in [-0.25, -0.2) is 5.43 Å². The lowest BCUT2D eigenvalue weighted by molar-refractivity contribution is -0.118. The second-order valence-electron chi connectivity index (χ2n) is 6.12. The first kappa shape index (κ1) is 21.1. The maximum atomic E-state index is 12.2. The van der Waals surface area contributed by atoms with Crippen LogP contribution in [-0.4, -0.2) is 39.2 Å². The predicted octanol–water partition coefficient (Wildman–Crippen LogP) is 3.89. The van der Waals surface area contributed by atoms with Gasteiger partial charge in [0.15, 0.2) is 11.0 Å². The minimum atomic E-state index is -0.213. The molecular formula is C20H20BrN5O2S. The topological polar surface area (TPSA) is 81.4 Å². The van der Waals surface area contributed by atoms with Crippen molar-refractivity contribution >= 4 is 39.3 Å². The zero-order valence-electron chi connectivity index (χ0n) is 16.2. The number of rotatable bonds is 7. The highest BCUT2D eigenvalue weighted by atomic mass is 79.9. The lowest BCUT2D eigenvalue weighted by atomic mass is 10.1. The van der Waals surface area contributed by atoms with Crippen LogP contribution in [0, 0.1) is 0 Å². The third-order valence-electron chi connectivity index (χ3n) is 4.11. The standard InChI is InChI=1S/C20H20BrN5O2S/c1-13(14-7-9-17(28-3)10-8-14)22-23-18(27)12-29-20-25-24-19(26(20)2)15-5-4-6-16(21)11-15/h4-11H,12H2,1-3H3,(H,23,27)/b22-13-. The third kappa shape index (κ3) is 5.45. The van der Waals surface area contributed by atoms with Gasteiger partial charge in [0.25, 0.3) is 5.91 Å². The van der Waals surface area contributed by atoms with E-state index in [0.29, 0.717) is 10.9 Å². The van der Waals surface area contributed by atoms with Crippen LogP contribution in [0.3, 0.4) is 0 Å². The Hall–Kier alpha value is -2.65. The van der Waals surface area contributed by atoms with E-state index in [0.717, 1.165) is 27.2 Å². The van der Waals surface area contributed by atoms with Gasteiger partial charge in [0, 0.05) is 17.1 Å². The molecule has 0 bridgehead atoms. The summed E-state index contributed by atoms with van der Waals surface area (Å²) in [5.41, 5.74) is 5.15. The van der Waals surface area contributed by atoms with Gasteiger partial charge in [-0.2, -0.15) is 5.10 Å². The van der Waals surface area contributed by atoms with E-state index in [1.54, 1.807) is 7.11 Å². The molecule has 1 amide bonds. The number of carbonyl (C=O) groups is 1. The Morgan fingerprint density at radius 1 is 1.24 bits per heavy atom. The van der Waals surface area contributed by atoms with Crippen LogP contribution in [0.2, 0.25) is 0 Å². The van der Waals surface area contributed by atoms with Crippen molar-refractivity contribution in [3.63, 3.8) is 0 Å². The molecule has 0 fully saturated rings. The number of thioether (sulfide) groups is 1. The van der Waals surface area contributed by atoms with Crippen LogP contribution in [0.25, 0.3) is 11.4 Å². The highest BCUT2D eigenvalue weighted by Gasteiger charge is 2.13. The Morgan fingerprint density at radius 2 is 2.00 bits per heavy atom. The van der Waals surface area contributed by atoms with E-state index in [-0.39, 0.29) is 11.7 Å². The second kappa shape index (κ2) is 9.71. The first-order valence-electron chi connectivity index (χ1n) is 8.73. The van der Waals surface area contributed by atoms with Crippen molar-refractivity contribution in [3.05, 3.63) is 58.6 Å². The second-order valence-corrected chi connectivity index (χ2v) is 7.98. The van der Waals surface area contributed by atoms with Gasteiger partial charge in [0.2, 0.25) is 0 Å². The normalized spacial score (nSPS) is 11.4. The van der Waals surface area contributed by atoms with Crippen molar-refractivity contribution in [3.8, 4) is 17.1 Å². The van der Waals surface area contributed by atoms with E-state index in [2.05, 4.69) is 36.7 Å². The van der Waals surface area contributed by atoms with Crippen LogP contribution >= 0.6 is 27.7 Å². The van der Waals surface area contributed by atoms with Crippen molar-refractivity contribution in [1.29, 1.82) is 0 Å². The maximum absolute atomic E-state index is 12.2. The molecule has 0 spiro atoms. The lowest BCUT2D eigenvalue weighted by Gasteiger charge is -2.05. The van der Waals surface area contributed by atoms with Gasteiger partial charge in [-0.3, -0.25) is 4.79 Å². The Balaban J connectivity index is 1.58. The number of carbonyl (C=O) groups excluding carboxylic acids is 1. The van der Waals surface area contributed by atoms with Crippen LogP contribution in [0.4, 0.5) is 0 Å². The van der Waals surface area contributed by atoms with E-state index < -0.39 is 0 Å². The average molecular weight is 474 g/mol. The molecule has 0 unspecified atom stereocenters. The van der Waals surface area contributed by atoms with Crippen molar-refractivity contribution in [2.45, 2.75) is 12.1 Å². The van der Waals surface area contributed by atoms with Crippen LogP contribution in [0.15, 0.2) is 63.3 Å². The summed E-state index contributed by atoms with van der Waals surface area (Å²) in [5.74, 6) is 1.48. The molecule has 3 aromatic rings. The first-order chi connectivity index (χ1) is 14.0. The minimum absolute atomic E-state index is 0.184. The highest BCUT2D eigenvalue weighted by Crippen LogP contribution is 2.24. The first-order valence-corrected chi connectivity index (χ1v) is 10.5. The van der Waals surface area contributed by atoms with Gasteiger partial charge in [0.05, 0.1) is 18.6 Å². The number of ether oxygens (including phenoxy) is 1. The number of halogens is 1. The molecule has 0 saturated heterocycles. The molecule has 9 heteroatoms. The number of hydrogen-bond donors (Lipinski definition) is 1. The fourth-order valence-corrected chi connectivity index (χ4v) is 3.63. The molecule has 7 nitrogen and oxygen atoms in total. The molecule has 1 heterocycles. The van der Waals surface area contributed by atoms with Crippen LogP contribution < -0.4 is 10.2 Å². The van der Waals surface area contributed by atoms with E-state index in [9.17, 15) is 4.79 Å². The molecule has 0 aliphatic rings. The summed E-state index contributed by atoms with van der Waals surface area (Å²) in [7, 11) is 3.50. The molecule has 0 saturated carbocycles. The van der Waals surface area contributed by atoms with E-state index in [4.69, 9.17) is 4.74 Å². The lowest BCUT2D eigenvalue weighted by Crippen LogP contribution is -2.21. The monoisotopic (exact) mass is 473 g/mol. The predicted molar refractivity (Wildman–Crippen MR) is 118 cm³/mol. The van der Waals surface area contributed by atoms with Gasteiger partial charge >= 0.3 is 0 Å². The number of aromatic nitrogens is 3. The van der Waals surface area contributed by atoms with Gasteiger partial charge in [0.1, 0.15) is 5.75 Å². The van der Waals surface area contributed by atoms with Crippen molar-refractivity contribution in [1.82, 2.24) is 20.2 Å². The molecule has 0 aliphatic carbocycles. The summed E-state index contributed by atoms with van der Waals surface area (Å²) in [4.78, 5) is 12.2. The van der Waals surface area contributed by atoms with Crippen LogP contribution in [-0.2, 0) is 11.8 Å². The van der Waals surface area contributed by atoms with Gasteiger partial charge in [-0.15, -0.1) is 10.2 Å². The van der Waals surface area contributed by atoms with E-state index in [1.807, 2.05) is 67.1 Å². The summed E-state index contributed by atoms with van der Waals surface area (Å²) < 4.78 is 7.97. The van der Waals surface area contributed by atoms with Crippen molar-refractivity contribution in [2.75, 3.05) is 12.9 Å². The zero-order chi connectivity index (χ0) is 20.8. The molecule has 0 radical (unpaired) electrons. The average Bonchev–Trinajstić information content (AvgIpc) is 3.11. The SMILES string of the molecule is COc1ccc(/C(C)=N\NC(=O)CSc2nnc(-c3cccc(Br)c3)n2C)cc1. The van der Waals surface area contributed by atoms with Crippen LogP contribution in [0.5, 0.6) is 5.75 Å². The number of methoxy groups -OCH3 is 1. The highest BCUT2D eigenvalue weighted by molar-refractivity contribution is 9.10. The molecule has 2 aromatic carbocycles. The summed E-state index contributed by atoms with van der Waals surface area (Å²) in [6.07, 6.45) is 0. The zero-order valence-corrected chi connectivity index (χ0v) is 18.6. The Bertz CT molecular complexity index is 1030. The molecule has 150 valence electrons. The number of nitrogens with one attached hydrogen (secondary N) is 1. The van der Waals surface area contributed by atoms with Crippen LogP contribution in [0.1, 0.15) is 12.5 Å². The quantitative estimate of drug-likeness (QED) is 0.319. The van der Waals surface area contributed by atoms with Crippen molar-refractivity contribution < 1.29 is 9.53 Å². The third-order valence-corrected chi connectivity index (χ3v) is 5.62. The summed E-state index contributed by atoms with van der Waals surface area (Å²) in [6, 6.07) is 15.3. The van der Waals surface area contributed by atoms with E-state index in [1.165, 1.54) is 11.8 Å².